The van der Waals surface area contributed by atoms with Gasteiger partial charge >= 0.3 is 0 Å². The van der Waals surface area contributed by atoms with Crippen LogP contribution in [-0.2, 0) is 6.54 Å². The maximum absolute atomic E-state index is 5.46. The summed E-state index contributed by atoms with van der Waals surface area (Å²) in [6, 6.07) is 6.66. The van der Waals surface area contributed by atoms with Crippen LogP contribution in [0.2, 0.25) is 0 Å². The van der Waals surface area contributed by atoms with Crippen LogP contribution in [0.4, 0.5) is 0 Å². The first-order chi connectivity index (χ1) is 9.26. The van der Waals surface area contributed by atoms with Crippen LogP contribution in [0.3, 0.4) is 0 Å². The second-order valence-corrected chi connectivity index (χ2v) is 5.04. The molecule has 0 aliphatic carbocycles. The summed E-state index contributed by atoms with van der Waals surface area (Å²) in [7, 11) is 5.43. The quantitative estimate of drug-likeness (QED) is 0.880. The Hall–Kier alpha value is -1.26. The third kappa shape index (κ3) is 3.61. The second kappa shape index (κ2) is 6.78. The summed E-state index contributed by atoms with van der Waals surface area (Å²) in [6.45, 7) is 3.20. The number of benzene rings is 1. The van der Waals surface area contributed by atoms with Gasteiger partial charge in [-0.25, -0.2) is 0 Å². The Kier molecular flexibility index (Phi) is 5.05. The molecule has 1 aliphatic rings. The van der Waals surface area contributed by atoms with E-state index in [1.165, 1.54) is 18.4 Å². The van der Waals surface area contributed by atoms with Gasteiger partial charge in [0.15, 0.2) is 0 Å². The molecule has 1 atom stereocenters. The summed E-state index contributed by atoms with van der Waals surface area (Å²) in [5, 5.41) is 3.37. The lowest BCUT2D eigenvalue weighted by Crippen LogP contribution is -2.43. The van der Waals surface area contributed by atoms with Crippen LogP contribution < -0.4 is 14.8 Å². The molecule has 1 saturated heterocycles. The van der Waals surface area contributed by atoms with Gasteiger partial charge in [0.25, 0.3) is 0 Å². The molecule has 4 heteroatoms. The number of rotatable bonds is 5. The lowest BCUT2D eigenvalue weighted by atomic mass is 10.0. The van der Waals surface area contributed by atoms with Gasteiger partial charge in [-0.15, -0.1) is 0 Å². The molecule has 0 bridgehead atoms. The van der Waals surface area contributed by atoms with Crippen LogP contribution >= 0.6 is 0 Å². The molecule has 0 spiro atoms. The van der Waals surface area contributed by atoms with Crippen molar-refractivity contribution in [2.75, 3.05) is 34.4 Å². The first-order valence-electron chi connectivity index (χ1n) is 6.87. The Bertz CT molecular complexity index is 409. The lowest BCUT2D eigenvalue weighted by molar-refractivity contribution is 0.186. The molecule has 2 rings (SSSR count). The summed E-state index contributed by atoms with van der Waals surface area (Å²) < 4.78 is 10.7. The molecule has 0 saturated carbocycles. The predicted molar refractivity (Wildman–Crippen MR) is 76.9 cm³/mol. The Morgan fingerprint density at radius 2 is 2.16 bits per heavy atom. The van der Waals surface area contributed by atoms with Gasteiger partial charge in [0, 0.05) is 30.8 Å². The summed E-state index contributed by atoms with van der Waals surface area (Å²) in [5.74, 6) is 1.75. The third-order valence-corrected chi connectivity index (χ3v) is 3.80. The van der Waals surface area contributed by atoms with Crippen molar-refractivity contribution < 1.29 is 9.47 Å². The van der Waals surface area contributed by atoms with E-state index in [-0.39, 0.29) is 0 Å². The van der Waals surface area contributed by atoms with Gasteiger partial charge < -0.3 is 14.8 Å². The summed E-state index contributed by atoms with van der Waals surface area (Å²) in [5.41, 5.74) is 1.22. The van der Waals surface area contributed by atoms with Crippen molar-refractivity contribution in [2.24, 2.45) is 0 Å². The normalized spacial score (nSPS) is 20.3. The fraction of sp³-hybridized carbons (Fsp3) is 0.600. The van der Waals surface area contributed by atoms with E-state index in [1.54, 1.807) is 14.2 Å². The highest BCUT2D eigenvalue weighted by Crippen LogP contribution is 2.26. The molecule has 1 fully saturated rings. The van der Waals surface area contributed by atoms with Gasteiger partial charge in [-0.1, -0.05) is 6.07 Å². The molecule has 4 nitrogen and oxygen atoms in total. The van der Waals surface area contributed by atoms with E-state index >= 15 is 0 Å². The Morgan fingerprint density at radius 3 is 2.84 bits per heavy atom. The van der Waals surface area contributed by atoms with Crippen molar-refractivity contribution in [3.63, 3.8) is 0 Å². The van der Waals surface area contributed by atoms with Crippen molar-refractivity contribution in [3.05, 3.63) is 23.8 Å². The van der Waals surface area contributed by atoms with Crippen LogP contribution in [0.5, 0.6) is 11.5 Å². The molecule has 0 radical (unpaired) electrons. The van der Waals surface area contributed by atoms with Gasteiger partial charge in [-0.2, -0.15) is 0 Å². The number of hydrogen-bond donors (Lipinski definition) is 1. The number of nitrogens with one attached hydrogen (secondary N) is 1. The van der Waals surface area contributed by atoms with Crippen molar-refractivity contribution >= 4 is 0 Å². The fourth-order valence-electron chi connectivity index (χ4n) is 2.66. The number of piperidine rings is 1. The highest BCUT2D eigenvalue weighted by atomic mass is 16.5. The van der Waals surface area contributed by atoms with Crippen LogP contribution in [0.25, 0.3) is 0 Å². The Labute approximate surface area is 115 Å². The van der Waals surface area contributed by atoms with Gasteiger partial charge in [0.05, 0.1) is 14.2 Å². The van der Waals surface area contributed by atoms with Crippen LogP contribution in [0, 0.1) is 0 Å². The highest BCUT2D eigenvalue weighted by Gasteiger charge is 2.19. The SMILES string of the molecule is CN[C@@H]1CCCN(Cc2ccc(OC)cc2OC)C1. The molecule has 0 unspecified atom stereocenters. The monoisotopic (exact) mass is 264 g/mol. The molecule has 106 valence electrons. The van der Waals surface area contributed by atoms with Crippen molar-refractivity contribution in [1.82, 2.24) is 10.2 Å². The molecular weight excluding hydrogens is 240 g/mol. The van der Waals surface area contributed by atoms with E-state index < -0.39 is 0 Å². The largest absolute Gasteiger partial charge is 0.497 e. The minimum atomic E-state index is 0.609. The molecule has 19 heavy (non-hydrogen) atoms. The zero-order chi connectivity index (χ0) is 13.7. The van der Waals surface area contributed by atoms with Crippen LogP contribution in [0.15, 0.2) is 18.2 Å². The minimum absolute atomic E-state index is 0.609. The van der Waals surface area contributed by atoms with E-state index in [2.05, 4.69) is 16.3 Å². The van der Waals surface area contributed by atoms with Gasteiger partial charge in [0.1, 0.15) is 11.5 Å². The van der Waals surface area contributed by atoms with Gasteiger partial charge in [0.2, 0.25) is 0 Å². The van der Waals surface area contributed by atoms with Crippen molar-refractivity contribution in [2.45, 2.75) is 25.4 Å². The molecule has 0 aromatic heterocycles. The number of ether oxygens (including phenoxy) is 2. The maximum atomic E-state index is 5.46. The first-order valence-corrected chi connectivity index (χ1v) is 6.87. The van der Waals surface area contributed by atoms with E-state index in [0.29, 0.717) is 6.04 Å². The van der Waals surface area contributed by atoms with Gasteiger partial charge in [-0.05, 0) is 32.5 Å². The first kappa shape index (κ1) is 14.2. The average Bonchev–Trinajstić information content (AvgIpc) is 2.48. The molecule has 1 aromatic rings. The number of methoxy groups -OCH3 is 2. The van der Waals surface area contributed by atoms with E-state index in [9.17, 15) is 0 Å². The zero-order valence-electron chi connectivity index (χ0n) is 12.1. The molecule has 1 aromatic carbocycles. The van der Waals surface area contributed by atoms with E-state index in [1.807, 2.05) is 19.2 Å². The number of hydrogen-bond acceptors (Lipinski definition) is 4. The predicted octanol–water partition coefficient (Wildman–Crippen LogP) is 1.89. The average molecular weight is 264 g/mol. The lowest BCUT2D eigenvalue weighted by Gasteiger charge is -2.32. The van der Waals surface area contributed by atoms with Crippen molar-refractivity contribution in [1.29, 1.82) is 0 Å². The fourth-order valence-corrected chi connectivity index (χ4v) is 2.66. The Balaban J connectivity index is 2.05. The zero-order valence-corrected chi connectivity index (χ0v) is 12.1. The molecular formula is C15H24N2O2. The summed E-state index contributed by atoms with van der Waals surface area (Å²) in [4.78, 5) is 2.48. The molecule has 0 amide bonds. The summed E-state index contributed by atoms with van der Waals surface area (Å²) >= 11 is 0. The van der Waals surface area contributed by atoms with Crippen LogP contribution in [0.1, 0.15) is 18.4 Å². The third-order valence-electron chi connectivity index (χ3n) is 3.80. The number of likely N-dealkylation sites (tertiary alicyclic amines) is 1. The van der Waals surface area contributed by atoms with Gasteiger partial charge in [-0.3, -0.25) is 4.90 Å². The van der Waals surface area contributed by atoms with E-state index in [0.717, 1.165) is 31.1 Å². The van der Waals surface area contributed by atoms with Crippen molar-refractivity contribution in [3.8, 4) is 11.5 Å². The topological polar surface area (TPSA) is 33.7 Å². The standard InChI is InChI=1S/C15H24N2O2/c1-16-13-5-4-8-17(11-13)10-12-6-7-14(18-2)9-15(12)19-3/h6-7,9,13,16H,4-5,8,10-11H2,1-3H3/t13-/m1/s1. The molecule has 1 N–H and O–H groups in total. The van der Waals surface area contributed by atoms with Crippen LogP contribution in [-0.4, -0.2) is 45.3 Å². The maximum Gasteiger partial charge on any atom is 0.127 e. The smallest absolute Gasteiger partial charge is 0.127 e. The number of nitrogens with zero attached hydrogens (tertiary/aromatic N) is 1. The van der Waals surface area contributed by atoms with E-state index in [4.69, 9.17) is 9.47 Å². The molecule has 1 aliphatic heterocycles. The Morgan fingerprint density at radius 1 is 1.32 bits per heavy atom. The number of likely N-dealkylation sites (N-methyl/N-ethyl adjacent to an activating group) is 1. The molecule has 1 heterocycles. The highest BCUT2D eigenvalue weighted by molar-refractivity contribution is 5.40. The summed E-state index contributed by atoms with van der Waals surface area (Å²) in [6.07, 6.45) is 2.52. The minimum Gasteiger partial charge on any atom is -0.497 e. The second-order valence-electron chi connectivity index (χ2n) is 5.04.